The fourth-order valence-corrected chi connectivity index (χ4v) is 4.80. The number of halogens is 4. The van der Waals surface area contributed by atoms with E-state index < -0.39 is 17.7 Å². The molecule has 39 heavy (non-hydrogen) atoms. The lowest BCUT2D eigenvalue weighted by molar-refractivity contribution is -0.138. The zero-order chi connectivity index (χ0) is 28.3. The molecular weight excluding hydrogens is 531 g/mol. The second kappa shape index (κ2) is 11.6. The molecule has 2 aromatic heterocycles. The minimum Gasteiger partial charge on any atom is -0.481 e. The summed E-state index contributed by atoms with van der Waals surface area (Å²) in [5.74, 6) is -0.831. The van der Waals surface area contributed by atoms with Crippen molar-refractivity contribution in [2.75, 3.05) is 0 Å². The van der Waals surface area contributed by atoms with Gasteiger partial charge in [0.2, 0.25) is 0 Å². The number of aromatic nitrogens is 3. The van der Waals surface area contributed by atoms with Crippen LogP contribution in [0, 0.1) is 5.92 Å². The number of hydrogen-bond donors (Lipinski definition) is 1. The third-order valence-corrected chi connectivity index (χ3v) is 6.76. The van der Waals surface area contributed by atoms with Crippen LogP contribution in [-0.2, 0) is 11.0 Å². The van der Waals surface area contributed by atoms with Crippen LogP contribution in [0.25, 0.3) is 22.0 Å². The van der Waals surface area contributed by atoms with Crippen LogP contribution in [-0.4, -0.2) is 31.6 Å². The second-order valence-electron chi connectivity index (χ2n) is 9.85. The molecule has 0 aliphatic heterocycles. The molecule has 1 unspecified atom stereocenters. The van der Waals surface area contributed by atoms with Gasteiger partial charge in [-0.3, -0.25) is 19.3 Å². The summed E-state index contributed by atoms with van der Waals surface area (Å²) in [6, 6.07) is 12.2. The molecule has 204 valence electrons. The molecule has 0 fully saturated rings. The Morgan fingerprint density at radius 1 is 1.03 bits per heavy atom. The zero-order valence-corrected chi connectivity index (χ0v) is 22.1. The SMILES string of the molecule is CC(C)CC(c1ccc(C(=O)CCCC(=O)O)nc1)n1ncc2cc(-c3ccc(C(F)(F)F)cc3Cl)ccc21. The molecule has 0 radical (unpaired) electrons. The van der Waals surface area contributed by atoms with Crippen molar-refractivity contribution in [2.45, 2.75) is 51.7 Å². The average Bonchev–Trinajstić information content (AvgIpc) is 3.29. The van der Waals surface area contributed by atoms with Crippen LogP contribution in [0.5, 0.6) is 0 Å². The minimum atomic E-state index is -4.47. The predicted molar refractivity (Wildman–Crippen MR) is 143 cm³/mol. The van der Waals surface area contributed by atoms with Crippen LogP contribution in [0.1, 0.15) is 67.2 Å². The number of alkyl halides is 3. The molecule has 0 saturated heterocycles. The number of carboxylic acid groups (broad SMARTS) is 1. The fraction of sp³-hybridized carbons (Fsp3) is 0.310. The number of benzene rings is 2. The fourth-order valence-electron chi connectivity index (χ4n) is 4.51. The third-order valence-electron chi connectivity index (χ3n) is 6.44. The molecule has 0 bridgehead atoms. The molecule has 4 rings (SSSR count). The first-order chi connectivity index (χ1) is 18.4. The predicted octanol–water partition coefficient (Wildman–Crippen LogP) is 7.84. The molecular formula is C29H27ClF3N3O3. The highest BCUT2D eigenvalue weighted by atomic mass is 35.5. The summed E-state index contributed by atoms with van der Waals surface area (Å²) in [7, 11) is 0. The molecule has 0 spiro atoms. The van der Waals surface area contributed by atoms with Crippen LogP contribution < -0.4 is 0 Å². The second-order valence-corrected chi connectivity index (χ2v) is 10.3. The van der Waals surface area contributed by atoms with E-state index >= 15 is 0 Å². The van der Waals surface area contributed by atoms with Crippen molar-refractivity contribution in [1.29, 1.82) is 0 Å². The standard InChI is InChI=1S/C29H27ClF3N3O3/c1-17(2)12-26(19-6-10-24(34-15-19)27(37)4-3-5-28(38)39)36-25-11-7-18(13-20(25)16-35-36)22-9-8-21(14-23(22)30)29(31,32)33/h6-11,13-17,26H,3-5,12H2,1-2H3,(H,38,39). The van der Waals surface area contributed by atoms with Gasteiger partial charge in [-0.05, 0) is 60.2 Å². The molecule has 2 heterocycles. The van der Waals surface area contributed by atoms with E-state index in [2.05, 4.69) is 23.9 Å². The average molecular weight is 558 g/mol. The van der Waals surface area contributed by atoms with Gasteiger partial charge in [0, 0.05) is 35.0 Å². The minimum absolute atomic E-state index is 0.0120. The lowest BCUT2D eigenvalue weighted by Gasteiger charge is -2.21. The molecule has 0 aliphatic carbocycles. The highest BCUT2D eigenvalue weighted by Crippen LogP contribution is 2.37. The van der Waals surface area contributed by atoms with Gasteiger partial charge in [-0.1, -0.05) is 43.6 Å². The van der Waals surface area contributed by atoms with Crippen molar-refractivity contribution < 1.29 is 27.9 Å². The van der Waals surface area contributed by atoms with Crippen LogP contribution in [0.2, 0.25) is 5.02 Å². The van der Waals surface area contributed by atoms with Crippen molar-refractivity contribution in [3.63, 3.8) is 0 Å². The van der Waals surface area contributed by atoms with E-state index in [-0.39, 0.29) is 41.8 Å². The number of rotatable bonds is 10. The maximum absolute atomic E-state index is 13.0. The maximum atomic E-state index is 13.0. The molecule has 0 saturated carbocycles. The Balaban J connectivity index is 1.62. The van der Waals surface area contributed by atoms with E-state index in [9.17, 15) is 22.8 Å². The molecule has 4 aromatic rings. The number of hydrogen-bond acceptors (Lipinski definition) is 4. The summed E-state index contributed by atoms with van der Waals surface area (Å²) in [6.07, 6.45) is -0.0649. The number of ketones is 1. The molecule has 0 amide bonds. The zero-order valence-electron chi connectivity index (χ0n) is 21.4. The van der Waals surface area contributed by atoms with Crippen molar-refractivity contribution in [1.82, 2.24) is 14.8 Å². The highest BCUT2D eigenvalue weighted by Gasteiger charge is 2.31. The Hall–Kier alpha value is -3.72. The van der Waals surface area contributed by atoms with Crippen LogP contribution >= 0.6 is 11.6 Å². The van der Waals surface area contributed by atoms with E-state index in [1.165, 1.54) is 6.07 Å². The molecule has 0 aliphatic rings. The van der Waals surface area contributed by atoms with Gasteiger partial charge < -0.3 is 5.11 Å². The Bertz CT molecular complexity index is 1500. The lowest BCUT2D eigenvalue weighted by atomic mass is 9.97. The highest BCUT2D eigenvalue weighted by molar-refractivity contribution is 6.33. The molecule has 1 N–H and O–H groups in total. The first-order valence-electron chi connectivity index (χ1n) is 12.5. The lowest BCUT2D eigenvalue weighted by Crippen LogP contribution is -2.15. The number of aliphatic carboxylic acids is 1. The molecule has 6 nitrogen and oxygen atoms in total. The van der Waals surface area contributed by atoms with E-state index in [4.69, 9.17) is 16.7 Å². The van der Waals surface area contributed by atoms with Crippen molar-refractivity contribution >= 4 is 34.3 Å². The summed E-state index contributed by atoms with van der Waals surface area (Å²) in [5, 5.41) is 14.2. The number of fused-ring (bicyclic) bond motifs is 1. The van der Waals surface area contributed by atoms with Crippen LogP contribution in [0.15, 0.2) is 60.9 Å². The normalized spacial score (nSPS) is 12.7. The van der Waals surface area contributed by atoms with Gasteiger partial charge in [-0.25, -0.2) is 0 Å². The van der Waals surface area contributed by atoms with Gasteiger partial charge in [0.15, 0.2) is 5.78 Å². The van der Waals surface area contributed by atoms with Gasteiger partial charge in [-0.15, -0.1) is 0 Å². The number of nitrogens with zero attached hydrogens (tertiary/aromatic N) is 3. The van der Waals surface area contributed by atoms with E-state index in [0.29, 0.717) is 17.0 Å². The summed E-state index contributed by atoms with van der Waals surface area (Å²) in [6.45, 7) is 4.19. The van der Waals surface area contributed by atoms with Crippen LogP contribution in [0.4, 0.5) is 13.2 Å². The van der Waals surface area contributed by atoms with E-state index in [1.54, 1.807) is 24.5 Å². The van der Waals surface area contributed by atoms with Crippen LogP contribution in [0.3, 0.4) is 0 Å². The summed E-state index contributed by atoms with van der Waals surface area (Å²) < 4.78 is 41.0. The topological polar surface area (TPSA) is 85.1 Å². The van der Waals surface area contributed by atoms with Crippen molar-refractivity contribution in [3.05, 3.63) is 82.8 Å². The Morgan fingerprint density at radius 3 is 2.41 bits per heavy atom. The van der Waals surface area contributed by atoms with Gasteiger partial charge in [0.1, 0.15) is 5.69 Å². The smallest absolute Gasteiger partial charge is 0.416 e. The quantitative estimate of drug-likeness (QED) is 0.201. The number of Topliss-reactive ketones (excluding diaryl/α,β-unsaturated/α-hetero) is 1. The Kier molecular flexibility index (Phi) is 8.39. The summed E-state index contributed by atoms with van der Waals surface area (Å²) in [5.41, 5.74) is 2.35. The number of carbonyl (C=O) groups is 2. The summed E-state index contributed by atoms with van der Waals surface area (Å²) >= 11 is 6.21. The van der Waals surface area contributed by atoms with E-state index in [0.717, 1.165) is 35.0 Å². The van der Waals surface area contributed by atoms with Gasteiger partial charge >= 0.3 is 12.1 Å². The first-order valence-corrected chi connectivity index (χ1v) is 12.9. The number of pyridine rings is 1. The largest absolute Gasteiger partial charge is 0.481 e. The summed E-state index contributed by atoms with van der Waals surface area (Å²) in [4.78, 5) is 27.4. The van der Waals surface area contributed by atoms with Gasteiger partial charge in [-0.2, -0.15) is 18.3 Å². The molecule has 1 atom stereocenters. The van der Waals surface area contributed by atoms with Crippen molar-refractivity contribution in [3.8, 4) is 11.1 Å². The van der Waals surface area contributed by atoms with E-state index in [1.807, 2.05) is 22.9 Å². The Labute approximate surface area is 228 Å². The third kappa shape index (κ3) is 6.65. The van der Waals surface area contributed by atoms with Crippen molar-refractivity contribution in [2.24, 2.45) is 5.92 Å². The monoisotopic (exact) mass is 557 g/mol. The molecule has 2 aromatic carbocycles. The van der Waals surface area contributed by atoms with Gasteiger partial charge in [0.05, 0.1) is 23.3 Å². The first kappa shape index (κ1) is 28.3. The van der Waals surface area contributed by atoms with Gasteiger partial charge in [0.25, 0.3) is 0 Å². The number of carboxylic acids is 1. The maximum Gasteiger partial charge on any atom is 0.416 e. The Morgan fingerprint density at radius 2 is 1.79 bits per heavy atom. The number of carbonyl (C=O) groups excluding carboxylic acids is 1. The molecule has 10 heteroatoms.